The summed E-state index contributed by atoms with van der Waals surface area (Å²) in [4.78, 5) is 12.2. The van der Waals surface area contributed by atoms with Crippen LogP contribution in [0.5, 0.6) is 0 Å². The third-order valence-electron chi connectivity index (χ3n) is 2.93. The van der Waals surface area contributed by atoms with Crippen molar-refractivity contribution < 1.29 is 9.21 Å². The van der Waals surface area contributed by atoms with Crippen LogP contribution < -0.4 is 0 Å². The number of rotatable bonds is 3. The van der Waals surface area contributed by atoms with Crippen LogP contribution in [0, 0.1) is 20.8 Å². The van der Waals surface area contributed by atoms with Gasteiger partial charge in [0, 0.05) is 7.05 Å². The van der Waals surface area contributed by atoms with Gasteiger partial charge in [0.2, 0.25) is 0 Å². The number of hydrogen-bond acceptors (Lipinski definition) is 3. The lowest BCUT2D eigenvalue weighted by Crippen LogP contribution is -2.08. The largest absolute Gasteiger partial charge is 0.466 e. The molecule has 0 bridgehead atoms. The van der Waals surface area contributed by atoms with Crippen molar-refractivity contribution in [3.05, 3.63) is 39.0 Å². The van der Waals surface area contributed by atoms with Gasteiger partial charge in [0.05, 0.1) is 27.8 Å². The second-order valence-electron chi connectivity index (χ2n) is 4.40. The minimum Gasteiger partial charge on any atom is -0.466 e. The highest BCUT2D eigenvalue weighted by Gasteiger charge is 2.18. The lowest BCUT2D eigenvalue weighted by molar-refractivity contribution is 0.0989. The minimum atomic E-state index is 0.0491. The first-order valence-electron chi connectivity index (χ1n) is 5.68. The number of hydrogen-bond donors (Lipinski definition) is 0. The van der Waals surface area contributed by atoms with E-state index in [9.17, 15) is 4.79 Å². The van der Waals surface area contributed by atoms with E-state index in [-0.39, 0.29) is 5.78 Å². The van der Waals surface area contributed by atoms with Crippen molar-refractivity contribution in [1.82, 2.24) is 9.78 Å². The van der Waals surface area contributed by atoms with E-state index in [2.05, 4.69) is 21.0 Å². The zero-order valence-corrected chi connectivity index (χ0v) is 12.5. The molecule has 5 heteroatoms. The molecule has 0 amide bonds. The smallest absolute Gasteiger partial charge is 0.172 e. The molecule has 0 spiro atoms. The van der Waals surface area contributed by atoms with E-state index in [1.54, 1.807) is 10.7 Å². The van der Waals surface area contributed by atoms with Gasteiger partial charge < -0.3 is 4.42 Å². The Balaban J connectivity index is 2.29. The molecule has 0 aromatic carbocycles. The summed E-state index contributed by atoms with van der Waals surface area (Å²) in [6, 6.07) is 1.79. The third-order valence-corrected chi connectivity index (χ3v) is 3.96. The fraction of sp³-hybridized carbons (Fsp3) is 0.385. The maximum atomic E-state index is 12.2. The van der Waals surface area contributed by atoms with E-state index in [0.717, 1.165) is 21.6 Å². The van der Waals surface area contributed by atoms with Crippen molar-refractivity contribution in [1.29, 1.82) is 0 Å². The van der Waals surface area contributed by atoms with Crippen LogP contribution in [0.25, 0.3) is 0 Å². The van der Waals surface area contributed by atoms with Crippen molar-refractivity contribution in [2.45, 2.75) is 27.2 Å². The molecule has 96 valence electrons. The number of halogens is 1. The van der Waals surface area contributed by atoms with Crippen LogP contribution >= 0.6 is 15.9 Å². The monoisotopic (exact) mass is 310 g/mol. The predicted molar refractivity (Wildman–Crippen MR) is 71.9 cm³/mol. The van der Waals surface area contributed by atoms with Crippen LogP contribution in [0.2, 0.25) is 0 Å². The summed E-state index contributed by atoms with van der Waals surface area (Å²) in [6.45, 7) is 5.56. The van der Waals surface area contributed by atoms with Gasteiger partial charge in [0.15, 0.2) is 5.78 Å². The molecular formula is C13H15BrN2O2. The first-order valence-corrected chi connectivity index (χ1v) is 6.47. The second kappa shape index (κ2) is 4.72. The van der Waals surface area contributed by atoms with E-state index in [1.807, 2.05) is 27.8 Å². The van der Waals surface area contributed by atoms with E-state index >= 15 is 0 Å². The minimum absolute atomic E-state index is 0.0491. The molecule has 0 unspecified atom stereocenters. The molecule has 2 rings (SSSR count). The van der Waals surface area contributed by atoms with Crippen molar-refractivity contribution in [2.75, 3.05) is 0 Å². The topological polar surface area (TPSA) is 48.0 Å². The molecule has 2 aromatic heterocycles. The standard InChI is InChI=1S/C13H15BrN2O2/c1-7-5-10(9(3)18-7)12(17)6-11-13(14)8(2)15-16(11)4/h5H,6H2,1-4H3. The molecule has 0 radical (unpaired) electrons. The third kappa shape index (κ3) is 2.27. The van der Waals surface area contributed by atoms with Crippen molar-refractivity contribution in [3.8, 4) is 0 Å². The Bertz CT molecular complexity index is 611. The quantitative estimate of drug-likeness (QED) is 0.818. The number of furan rings is 1. The van der Waals surface area contributed by atoms with E-state index < -0.39 is 0 Å². The molecule has 0 saturated carbocycles. The molecule has 0 atom stereocenters. The summed E-state index contributed by atoms with van der Waals surface area (Å²) in [5.41, 5.74) is 2.43. The lowest BCUT2D eigenvalue weighted by atomic mass is 10.1. The fourth-order valence-corrected chi connectivity index (χ4v) is 2.50. The molecule has 0 fully saturated rings. The Kier molecular flexibility index (Phi) is 3.43. The first kappa shape index (κ1) is 13.1. The summed E-state index contributed by atoms with van der Waals surface area (Å²) in [5.74, 6) is 1.48. The van der Waals surface area contributed by atoms with Gasteiger partial charge in [-0.3, -0.25) is 9.48 Å². The van der Waals surface area contributed by atoms with Gasteiger partial charge in [-0.1, -0.05) is 0 Å². The van der Waals surface area contributed by atoms with E-state index in [4.69, 9.17) is 4.42 Å². The second-order valence-corrected chi connectivity index (χ2v) is 5.19. The number of carbonyl (C=O) groups excluding carboxylic acids is 1. The van der Waals surface area contributed by atoms with Crippen molar-refractivity contribution >= 4 is 21.7 Å². The molecular weight excluding hydrogens is 296 g/mol. The molecule has 0 aliphatic heterocycles. The normalized spacial score (nSPS) is 10.9. The maximum absolute atomic E-state index is 12.2. The number of aryl methyl sites for hydroxylation is 4. The molecule has 0 saturated heterocycles. The Morgan fingerprint density at radius 2 is 2.11 bits per heavy atom. The number of nitrogens with zero attached hydrogens (tertiary/aromatic N) is 2. The van der Waals surface area contributed by atoms with E-state index in [1.165, 1.54) is 0 Å². The van der Waals surface area contributed by atoms with Crippen LogP contribution in [-0.2, 0) is 13.5 Å². The molecule has 2 heterocycles. The van der Waals surface area contributed by atoms with Crippen LogP contribution in [0.3, 0.4) is 0 Å². The van der Waals surface area contributed by atoms with Gasteiger partial charge in [-0.05, 0) is 42.8 Å². The number of ketones is 1. The summed E-state index contributed by atoms with van der Waals surface area (Å²) in [6.07, 6.45) is 0.317. The van der Waals surface area contributed by atoms with Gasteiger partial charge in [-0.15, -0.1) is 0 Å². The van der Waals surface area contributed by atoms with Crippen LogP contribution in [0.1, 0.15) is 33.3 Å². The van der Waals surface area contributed by atoms with Gasteiger partial charge in [-0.25, -0.2) is 0 Å². The average Bonchev–Trinajstić information content (AvgIpc) is 2.73. The maximum Gasteiger partial charge on any atom is 0.172 e. The van der Waals surface area contributed by atoms with Gasteiger partial charge in [-0.2, -0.15) is 5.10 Å². The van der Waals surface area contributed by atoms with Gasteiger partial charge in [0.25, 0.3) is 0 Å². The Hall–Kier alpha value is -1.36. The summed E-state index contributed by atoms with van der Waals surface area (Å²) >= 11 is 3.47. The highest BCUT2D eigenvalue weighted by atomic mass is 79.9. The molecule has 18 heavy (non-hydrogen) atoms. The molecule has 0 aliphatic rings. The number of Topliss-reactive ketones (excluding diaryl/α,β-unsaturated/α-hetero) is 1. The number of aromatic nitrogens is 2. The summed E-state index contributed by atoms with van der Waals surface area (Å²) in [5, 5.41) is 4.28. The zero-order valence-electron chi connectivity index (χ0n) is 10.9. The van der Waals surface area contributed by atoms with Crippen molar-refractivity contribution in [2.24, 2.45) is 7.05 Å². The highest BCUT2D eigenvalue weighted by molar-refractivity contribution is 9.10. The van der Waals surface area contributed by atoms with Gasteiger partial charge in [0.1, 0.15) is 11.5 Å². The SMILES string of the molecule is Cc1cc(C(=O)Cc2c(Br)c(C)nn2C)c(C)o1. The van der Waals surface area contributed by atoms with Crippen LogP contribution in [0.4, 0.5) is 0 Å². The summed E-state index contributed by atoms with van der Waals surface area (Å²) in [7, 11) is 1.84. The van der Waals surface area contributed by atoms with Crippen LogP contribution in [-0.4, -0.2) is 15.6 Å². The highest BCUT2D eigenvalue weighted by Crippen LogP contribution is 2.23. The Morgan fingerprint density at radius 1 is 1.44 bits per heavy atom. The fourth-order valence-electron chi connectivity index (χ4n) is 2.03. The number of carbonyl (C=O) groups is 1. The average molecular weight is 311 g/mol. The molecule has 4 nitrogen and oxygen atoms in total. The predicted octanol–water partition coefficient (Wildman–Crippen LogP) is 3.13. The molecule has 0 aliphatic carbocycles. The lowest BCUT2D eigenvalue weighted by Gasteiger charge is -2.01. The Labute approximate surface area is 114 Å². The summed E-state index contributed by atoms with van der Waals surface area (Å²) < 4.78 is 8.02. The first-order chi connectivity index (χ1) is 8.40. The molecule has 0 N–H and O–H groups in total. The van der Waals surface area contributed by atoms with Crippen LogP contribution in [0.15, 0.2) is 15.0 Å². The van der Waals surface area contributed by atoms with Crippen molar-refractivity contribution in [3.63, 3.8) is 0 Å². The molecule has 2 aromatic rings. The zero-order chi connectivity index (χ0) is 13.4. The van der Waals surface area contributed by atoms with Gasteiger partial charge >= 0.3 is 0 Å². The Morgan fingerprint density at radius 3 is 2.56 bits per heavy atom. The van der Waals surface area contributed by atoms with E-state index in [0.29, 0.717) is 17.7 Å².